The van der Waals surface area contributed by atoms with Crippen LogP contribution in [0.1, 0.15) is 27.2 Å². The second kappa shape index (κ2) is 5.37. The Hall–Kier alpha value is -1.38. The Morgan fingerprint density at radius 1 is 1.21 bits per heavy atom. The van der Waals surface area contributed by atoms with Crippen molar-refractivity contribution in [3.63, 3.8) is 0 Å². The molecule has 0 aliphatic heterocycles. The van der Waals surface area contributed by atoms with Crippen LogP contribution in [0.25, 0.3) is 0 Å². The zero-order valence-electron chi connectivity index (χ0n) is 8.92. The molecule has 3 nitrogen and oxygen atoms in total. The third kappa shape index (κ3) is 4.60. The van der Waals surface area contributed by atoms with E-state index in [1.54, 1.807) is 13.8 Å². The summed E-state index contributed by atoms with van der Waals surface area (Å²) in [6.07, 6.45) is -0.402. The van der Waals surface area contributed by atoms with Crippen molar-refractivity contribution in [2.24, 2.45) is 0 Å². The second-order valence-corrected chi connectivity index (χ2v) is 3.35. The first kappa shape index (κ1) is 12.6. The molecule has 0 rings (SSSR count). The van der Waals surface area contributed by atoms with Gasteiger partial charge in [-0.1, -0.05) is 13.2 Å². The molecule has 0 bridgehead atoms. The van der Waals surface area contributed by atoms with Crippen LogP contribution >= 0.6 is 0 Å². The van der Waals surface area contributed by atoms with Gasteiger partial charge in [0.05, 0.1) is 6.42 Å². The minimum Gasteiger partial charge on any atom is -0.458 e. The molecule has 3 heteroatoms. The van der Waals surface area contributed by atoms with Crippen LogP contribution in [0.2, 0.25) is 0 Å². The highest BCUT2D eigenvalue weighted by atomic mass is 16.5. The van der Waals surface area contributed by atoms with Gasteiger partial charge in [0, 0.05) is 6.92 Å². The van der Waals surface area contributed by atoms with E-state index < -0.39 is 12.1 Å². The standard InChI is InChI=1S/C11H16O3/c1-7(2)10(13)6-11(8(3)4)14-9(5)12/h11H,1,3,6H2,2,4-5H3. The van der Waals surface area contributed by atoms with Crippen LogP contribution in [0, 0.1) is 0 Å². The Kier molecular flexibility index (Phi) is 4.84. The van der Waals surface area contributed by atoms with Crippen LogP contribution < -0.4 is 0 Å². The molecule has 1 atom stereocenters. The molecular weight excluding hydrogens is 180 g/mol. The predicted octanol–water partition coefficient (Wildman–Crippen LogP) is 2.03. The minimum atomic E-state index is -0.531. The maximum Gasteiger partial charge on any atom is 0.303 e. The summed E-state index contributed by atoms with van der Waals surface area (Å²) in [5, 5.41) is 0. The zero-order valence-corrected chi connectivity index (χ0v) is 8.92. The highest BCUT2D eigenvalue weighted by molar-refractivity contribution is 5.94. The molecule has 0 amide bonds. The number of carbonyl (C=O) groups is 2. The molecule has 1 unspecified atom stereocenters. The summed E-state index contributed by atoms with van der Waals surface area (Å²) in [5.41, 5.74) is 1.12. The van der Waals surface area contributed by atoms with E-state index in [1.807, 2.05) is 0 Å². The molecule has 14 heavy (non-hydrogen) atoms. The van der Waals surface area contributed by atoms with Crippen molar-refractivity contribution in [2.75, 3.05) is 0 Å². The number of ketones is 1. The van der Waals surface area contributed by atoms with E-state index in [1.165, 1.54) is 6.92 Å². The quantitative estimate of drug-likeness (QED) is 0.384. The summed E-state index contributed by atoms with van der Waals surface area (Å²) < 4.78 is 4.93. The van der Waals surface area contributed by atoms with Gasteiger partial charge < -0.3 is 4.74 Å². The van der Waals surface area contributed by atoms with Crippen molar-refractivity contribution >= 4 is 11.8 Å². The fourth-order valence-electron chi connectivity index (χ4n) is 0.859. The van der Waals surface area contributed by atoms with E-state index in [4.69, 9.17) is 4.74 Å². The summed E-state index contributed by atoms with van der Waals surface area (Å²) in [4.78, 5) is 22.0. The van der Waals surface area contributed by atoms with E-state index in [0.29, 0.717) is 11.1 Å². The summed E-state index contributed by atoms with van der Waals surface area (Å²) >= 11 is 0. The summed E-state index contributed by atoms with van der Waals surface area (Å²) in [6.45, 7) is 11.8. The van der Waals surface area contributed by atoms with E-state index in [0.717, 1.165) is 0 Å². The highest BCUT2D eigenvalue weighted by Crippen LogP contribution is 2.11. The number of hydrogen-bond donors (Lipinski definition) is 0. The lowest BCUT2D eigenvalue weighted by molar-refractivity contribution is -0.145. The molecule has 0 saturated carbocycles. The monoisotopic (exact) mass is 196 g/mol. The van der Waals surface area contributed by atoms with Crippen LogP contribution in [0.5, 0.6) is 0 Å². The fourth-order valence-corrected chi connectivity index (χ4v) is 0.859. The van der Waals surface area contributed by atoms with E-state index in [9.17, 15) is 9.59 Å². The first-order valence-electron chi connectivity index (χ1n) is 4.36. The average molecular weight is 196 g/mol. The topological polar surface area (TPSA) is 43.4 Å². The fraction of sp³-hybridized carbons (Fsp3) is 0.455. The van der Waals surface area contributed by atoms with Gasteiger partial charge in [-0.3, -0.25) is 9.59 Å². The third-order valence-corrected chi connectivity index (χ3v) is 1.70. The molecule has 0 N–H and O–H groups in total. The van der Waals surface area contributed by atoms with E-state index in [-0.39, 0.29) is 12.2 Å². The Morgan fingerprint density at radius 3 is 2.00 bits per heavy atom. The number of ether oxygens (including phenoxy) is 1. The van der Waals surface area contributed by atoms with Gasteiger partial charge in [-0.25, -0.2) is 0 Å². The van der Waals surface area contributed by atoms with Gasteiger partial charge in [-0.2, -0.15) is 0 Å². The van der Waals surface area contributed by atoms with Gasteiger partial charge >= 0.3 is 5.97 Å². The van der Waals surface area contributed by atoms with Crippen molar-refractivity contribution in [2.45, 2.75) is 33.3 Å². The van der Waals surface area contributed by atoms with Gasteiger partial charge in [0.15, 0.2) is 5.78 Å². The molecule has 0 spiro atoms. The Labute approximate surface area is 84.4 Å². The van der Waals surface area contributed by atoms with Gasteiger partial charge in [-0.05, 0) is 25.0 Å². The van der Waals surface area contributed by atoms with Crippen LogP contribution in [-0.4, -0.2) is 17.9 Å². The predicted molar refractivity (Wildman–Crippen MR) is 54.8 cm³/mol. The minimum absolute atomic E-state index is 0.112. The Bertz CT molecular complexity index is 276. The van der Waals surface area contributed by atoms with E-state index in [2.05, 4.69) is 13.2 Å². The largest absolute Gasteiger partial charge is 0.458 e. The smallest absolute Gasteiger partial charge is 0.303 e. The number of rotatable bonds is 5. The average Bonchev–Trinajstić information content (AvgIpc) is 2.01. The molecular formula is C11H16O3. The van der Waals surface area contributed by atoms with Crippen LogP contribution in [0.3, 0.4) is 0 Å². The molecule has 0 saturated heterocycles. The van der Waals surface area contributed by atoms with Crippen molar-refractivity contribution in [1.82, 2.24) is 0 Å². The summed E-state index contributed by atoms with van der Waals surface area (Å²) in [6, 6.07) is 0. The van der Waals surface area contributed by atoms with Gasteiger partial charge in [0.2, 0.25) is 0 Å². The van der Waals surface area contributed by atoms with Crippen molar-refractivity contribution in [1.29, 1.82) is 0 Å². The van der Waals surface area contributed by atoms with Crippen LogP contribution in [0.4, 0.5) is 0 Å². The van der Waals surface area contributed by atoms with Gasteiger partial charge in [0.1, 0.15) is 6.10 Å². The first-order valence-corrected chi connectivity index (χ1v) is 4.36. The number of allylic oxidation sites excluding steroid dienone is 1. The lowest BCUT2D eigenvalue weighted by Gasteiger charge is -2.15. The molecule has 0 heterocycles. The van der Waals surface area contributed by atoms with Gasteiger partial charge in [0.25, 0.3) is 0 Å². The Morgan fingerprint density at radius 2 is 1.71 bits per heavy atom. The molecule has 0 aliphatic carbocycles. The third-order valence-electron chi connectivity index (χ3n) is 1.70. The molecule has 0 fully saturated rings. The lowest BCUT2D eigenvalue weighted by Crippen LogP contribution is -2.21. The summed E-state index contributed by atoms with van der Waals surface area (Å²) in [5.74, 6) is -0.522. The first-order chi connectivity index (χ1) is 6.34. The van der Waals surface area contributed by atoms with Crippen molar-refractivity contribution < 1.29 is 14.3 Å². The molecule has 0 aromatic heterocycles. The van der Waals surface area contributed by atoms with Gasteiger partial charge in [-0.15, -0.1) is 0 Å². The number of Topliss-reactive ketones (excluding diaryl/α,β-unsaturated/α-hetero) is 1. The maximum absolute atomic E-state index is 11.3. The highest BCUT2D eigenvalue weighted by Gasteiger charge is 2.17. The molecule has 78 valence electrons. The van der Waals surface area contributed by atoms with Crippen LogP contribution in [0.15, 0.2) is 24.3 Å². The number of esters is 1. The number of hydrogen-bond acceptors (Lipinski definition) is 3. The second-order valence-electron chi connectivity index (χ2n) is 3.35. The van der Waals surface area contributed by atoms with Crippen molar-refractivity contribution in [3.8, 4) is 0 Å². The zero-order chi connectivity index (χ0) is 11.3. The summed E-state index contributed by atoms with van der Waals surface area (Å²) in [7, 11) is 0. The molecule has 0 aromatic rings. The Balaban J connectivity index is 4.38. The molecule has 0 aromatic carbocycles. The lowest BCUT2D eigenvalue weighted by atomic mass is 10.0. The molecule has 0 aliphatic rings. The van der Waals surface area contributed by atoms with Crippen LogP contribution in [-0.2, 0) is 14.3 Å². The number of carbonyl (C=O) groups excluding carboxylic acids is 2. The molecule has 0 radical (unpaired) electrons. The van der Waals surface area contributed by atoms with Crippen molar-refractivity contribution in [3.05, 3.63) is 24.3 Å². The normalized spacial score (nSPS) is 11.6. The van der Waals surface area contributed by atoms with E-state index >= 15 is 0 Å². The SMILES string of the molecule is C=C(C)C(=O)CC(OC(C)=O)C(=C)C. The maximum atomic E-state index is 11.3.